The van der Waals surface area contributed by atoms with Crippen LogP contribution in [0.4, 0.5) is 0 Å². The van der Waals surface area contributed by atoms with Crippen LogP contribution in [0.2, 0.25) is 0 Å². The molecule has 0 unspecified atom stereocenters. The summed E-state index contributed by atoms with van der Waals surface area (Å²) in [5.74, 6) is 0. The lowest BCUT2D eigenvalue weighted by atomic mass is 10.3. The highest BCUT2D eigenvalue weighted by molar-refractivity contribution is 8.00. The Bertz CT molecular complexity index is 464. The average molecular weight is 229 g/mol. The van der Waals surface area contributed by atoms with Gasteiger partial charge in [0.2, 0.25) is 0 Å². The van der Waals surface area contributed by atoms with Crippen molar-refractivity contribution in [2.24, 2.45) is 0 Å². The maximum Gasteiger partial charge on any atom is 0.155 e. The zero-order chi connectivity index (χ0) is 11.4. The molecule has 0 spiro atoms. The van der Waals surface area contributed by atoms with Crippen LogP contribution in [-0.4, -0.2) is 10.2 Å². The molecule has 0 aliphatic heterocycles. The maximum atomic E-state index is 8.98. The number of aromatic nitrogens is 1. The zero-order valence-electron chi connectivity index (χ0n) is 8.81. The van der Waals surface area contributed by atoms with E-state index in [1.807, 2.05) is 12.1 Å². The van der Waals surface area contributed by atoms with Gasteiger partial charge in [0.05, 0.1) is 0 Å². The number of nitrogens with zero attached hydrogens (tertiary/aromatic N) is 3. The largest absolute Gasteiger partial charge is 0.225 e. The van der Waals surface area contributed by atoms with Crippen LogP contribution in [0.1, 0.15) is 37.1 Å². The van der Waals surface area contributed by atoms with E-state index >= 15 is 0 Å². The molecule has 0 saturated heterocycles. The SMILES string of the molecule is N#Cc1ccc(SC2CCCC2)c(C#N)n1. The number of rotatable bonds is 2. The number of hydrogen-bond donors (Lipinski definition) is 0. The normalized spacial score (nSPS) is 15.6. The van der Waals surface area contributed by atoms with Crippen molar-refractivity contribution in [1.82, 2.24) is 4.98 Å². The fourth-order valence-electron chi connectivity index (χ4n) is 1.87. The Morgan fingerprint density at radius 3 is 2.56 bits per heavy atom. The van der Waals surface area contributed by atoms with Gasteiger partial charge in [-0.1, -0.05) is 12.8 Å². The van der Waals surface area contributed by atoms with E-state index in [1.165, 1.54) is 25.7 Å². The molecule has 3 nitrogen and oxygen atoms in total. The first kappa shape index (κ1) is 11.0. The first-order valence-corrected chi connectivity index (χ1v) is 6.19. The highest BCUT2D eigenvalue weighted by Crippen LogP contribution is 2.35. The molecule has 0 N–H and O–H groups in total. The molecule has 0 radical (unpaired) electrons. The number of hydrogen-bond acceptors (Lipinski definition) is 4. The molecule has 1 fully saturated rings. The average Bonchev–Trinajstić information content (AvgIpc) is 2.82. The van der Waals surface area contributed by atoms with Crippen LogP contribution < -0.4 is 0 Å². The van der Waals surface area contributed by atoms with E-state index in [1.54, 1.807) is 17.8 Å². The van der Waals surface area contributed by atoms with Gasteiger partial charge in [0.15, 0.2) is 5.69 Å². The molecule has 1 heterocycles. The highest BCUT2D eigenvalue weighted by Gasteiger charge is 2.18. The zero-order valence-corrected chi connectivity index (χ0v) is 9.63. The van der Waals surface area contributed by atoms with Crippen LogP contribution in [0.25, 0.3) is 0 Å². The summed E-state index contributed by atoms with van der Waals surface area (Å²) in [6, 6.07) is 7.53. The molecule has 1 aliphatic rings. The molecular formula is C12H11N3S. The molecule has 80 valence electrons. The molecule has 0 bridgehead atoms. The first-order valence-electron chi connectivity index (χ1n) is 5.31. The minimum Gasteiger partial charge on any atom is -0.225 e. The quantitative estimate of drug-likeness (QED) is 0.782. The predicted molar refractivity (Wildman–Crippen MR) is 61.8 cm³/mol. The molecule has 1 aromatic rings. The van der Waals surface area contributed by atoms with Gasteiger partial charge in [0, 0.05) is 10.1 Å². The van der Waals surface area contributed by atoms with Crippen molar-refractivity contribution in [3.05, 3.63) is 23.5 Å². The third kappa shape index (κ3) is 2.35. The second-order valence-corrected chi connectivity index (χ2v) is 5.13. The predicted octanol–water partition coefficient (Wildman–Crippen LogP) is 2.86. The molecule has 0 aromatic carbocycles. The molecule has 1 saturated carbocycles. The van der Waals surface area contributed by atoms with Crippen molar-refractivity contribution in [3.8, 4) is 12.1 Å². The summed E-state index contributed by atoms with van der Waals surface area (Å²) in [7, 11) is 0. The van der Waals surface area contributed by atoms with E-state index in [2.05, 4.69) is 11.1 Å². The molecule has 4 heteroatoms. The third-order valence-corrected chi connectivity index (χ3v) is 4.06. The van der Waals surface area contributed by atoms with Gasteiger partial charge >= 0.3 is 0 Å². The molecule has 2 rings (SSSR count). The maximum absolute atomic E-state index is 8.98. The standard InChI is InChI=1S/C12H11N3S/c13-7-9-5-6-12(11(8-14)15-9)16-10-3-1-2-4-10/h5-6,10H,1-4H2. The van der Waals surface area contributed by atoms with Crippen LogP contribution in [0, 0.1) is 22.7 Å². The Morgan fingerprint density at radius 2 is 1.94 bits per heavy atom. The van der Waals surface area contributed by atoms with Gasteiger partial charge < -0.3 is 0 Å². The van der Waals surface area contributed by atoms with E-state index in [0.29, 0.717) is 16.6 Å². The number of nitriles is 2. The van der Waals surface area contributed by atoms with Crippen molar-refractivity contribution in [3.63, 3.8) is 0 Å². The van der Waals surface area contributed by atoms with Crippen LogP contribution in [0.15, 0.2) is 17.0 Å². The van der Waals surface area contributed by atoms with Gasteiger partial charge in [0.1, 0.15) is 17.8 Å². The minimum absolute atomic E-state index is 0.312. The second-order valence-electron chi connectivity index (χ2n) is 3.79. The van der Waals surface area contributed by atoms with Gasteiger partial charge in [-0.15, -0.1) is 11.8 Å². The fraction of sp³-hybridized carbons (Fsp3) is 0.417. The van der Waals surface area contributed by atoms with E-state index in [-0.39, 0.29) is 0 Å². The summed E-state index contributed by atoms with van der Waals surface area (Å²) in [4.78, 5) is 4.92. The van der Waals surface area contributed by atoms with Gasteiger partial charge in [0.25, 0.3) is 0 Å². The smallest absolute Gasteiger partial charge is 0.155 e. The van der Waals surface area contributed by atoms with Crippen LogP contribution in [-0.2, 0) is 0 Å². The second kappa shape index (κ2) is 5.01. The van der Waals surface area contributed by atoms with Crippen molar-refractivity contribution in [1.29, 1.82) is 10.5 Å². The van der Waals surface area contributed by atoms with Crippen LogP contribution in [0.5, 0.6) is 0 Å². The van der Waals surface area contributed by atoms with Crippen molar-refractivity contribution in [2.75, 3.05) is 0 Å². The fourth-order valence-corrected chi connectivity index (χ4v) is 3.15. The van der Waals surface area contributed by atoms with E-state index in [0.717, 1.165) is 4.90 Å². The Kier molecular flexibility index (Phi) is 3.44. The summed E-state index contributed by atoms with van der Waals surface area (Å²) >= 11 is 1.73. The van der Waals surface area contributed by atoms with Gasteiger partial charge in [-0.2, -0.15) is 10.5 Å². The summed E-state index contributed by atoms with van der Waals surface area (Å²) in [5, 5.41) is 18.3. The minimum atomic E-state index is 0.312. The molecule has 1 aliphatic carbocycles. The first-order chi connectivity index (χ1) is 7.83. The number of thioether (sulfide) groups is 1. The van der Waals surface area contributed by atoms with Gasteiger partial charge in [-0.25, -0.2) is 4.98 Å². The van der Waals surface area contributed by atoms with Crippen molar-refractivity contribution in [2.45, 2.75) is 35.8 Å². The van der Waals surface area contributed by atoms with Gasteiger partial charge in [-0.05, 0) is 25.0 Å². The highest BCUT2D eigenvalue weighted by atomic mass is 32.2. The topological polar surface area (TPSA) is 60.5 Å². The summed E-state index contributed by atoms with van der Waals surface area (Å²) in [6.45, 7) is 0. The van der Waals surface area contributed by atoms with Gasteiger partial charge in [-0.3, -0.25) is 0 Å². The third-order valence-electron chi connectivity index (χ3n) is 2.67. The molecule has 0 atom stereocenters. The molecular weight excluding hydrogens is 218 g/mol. The Hall–Kier alpha value is -1.52. The van der Waals surface area contributed by atoms with Crippen LogP contribution in [0.3, 0.4) is 0 Å². The lowest BCUT2D eigenvalue weighted by Gasteiger charge is -2.09. The van der Waals surface area contributed by atoms with E-state index in [9.17, 15) is 0 Å². The van der Waals surface area contributed by atoms with E-state index < -0.39 is 0 Å². The Balaban J connectivity index is 2.20. The van der Waals surface area contributed by atoms with Crippen molar-refractivity contribution >= 4 is 11.8 Å². The lowest BCUT2D eigenvalue weighted by Crippen LogP contribution is -1.97. The van der Waals surface area contributed by atoms with Crippen molar-refractivity contribution < 1.29 is 0 Å². The number of pyridine rings is 1. The Morgan fingerprint density at radius 1 is 1.19 bits per heavy atom. The molecule has 1 aromatic heterocycles. The summed E-state index contributed by atoms with van der Waals surface area (Å²) in [5.41, 5.74) is 0.697. The Labute approximate surface area is 99.1 Å². The van der Waals surface area contributed by atoms with Crippen LogP contribution >= 0.6 is 11.8 Å². The lowest BCUT2D eigenvalue weighted by molar-refractivity contribution is 0.886. The monoisotopic (exact) mass is 229 g/mol. The van der Waals surface area contributed by atoms with E-state index in [4.69, 9.17) is 10.5 Å². The summed E-state index contributed by atoms with van der Waals surface area (Å²) < 4.78 is 0. The molecule has 16 heavy (non-hydrogen) atoms. The molecule has 0 amide bonds. The summed E-state index contributed by atoms with van der Waals surface area (Å²) in [6.07, 6.45) is 5.00.